The number of nitrogens with zero attached hydrogens (tertiary/aromatic N) is 1. The van der Waals surface area contributed by atoms with Crippen molar-refractivity contribution in [2.24, 2.45) is 0 Å². The largest absolute Gasteiger partial charge is 0.493 e. The van der Waals surface area contributed by atoms with Crippen LogP contribution in [0.1, 0.15) is 52.4 Å². The molecule has 3 aromatic rings. The third-order valence-corrected chi connectivity index (χ3v) is 6.19. The molecular weight excluding hydrogens is 400 g/mol. The van der Waals surface area contributed by atoms with E-state index in [-0.39, 0.29) is 17.9 Å². The van der Waals surface area contributed by atoms with E-state index in [1.807, 2.05) is 54.6 Å². The highest BCUT2D eigenvalue weighted by Gasteiger charge is 2.23. The van der Waals surface area contributed by atoms with Gasteiger partial charge in [-0.05, 0) is 72.4 Å². The molecule has 1 fully saturated rings. The molecule has 5 nitrogen and oxygen atoms in total. The Morgan fingerprint density at radius 1 is 0.906 bits per heavy atom. The van der Waals surface area contributed by atoms with E-state index in [0.29, 0.717) is 12.0 Å². The van der Waals surface area contributed by atoms with E-state index in [9.17, 15) is 9.59 Å². The van der Waals surface area contributed by atoms with Gasteiger partial charge in [-0.25, -0.2) is 0 Å². The number of benzene rings is 3. The highest BCUT2D eigenvalue weighted by molar-refractivity contribution is 5.97. The fraction of sp³-hybridized carbons (Fsp3) is 0.259. The lowest BCUT2D eigenvalue weighted by Gasteiger charge is -2.23. The molecule has 3 aromatic carbocycles. The summed E-state index contributed by atoms with van der Waals surface area (Å²) in [5.41, 5.74) is 4.66. The Morgan fingerprint density at radius 2 is 1.72 bits per heavy atom. The summed E-state index contributed by atoms with van der Waals surface area (Å²) < 4.78 is 5.76. The van der Waals surface area contributed by atoms with E-state index >= 15 is 0 Å². The first-order valence-electron chi connectivity index (χ1n) is 11.2. The molecule has 2 amide bonds. The molecule has 2 aliphatic heterocycles. The predicted octanol–water partition coefficient (Wildman–Crippen LogP) is 4.66. The van der Waals surface area contributed by atoms with Gasteiger partial charge in [0, 0.05) is 24.2 Å². The average molecular weight is 427 g/mol. The van der Waals surface area contributed by atoms with E-state index in [2.05, 4.69) is 11.4 Å². The van der Waals surface area contributed by atoms with Gasteiger partial charge in [0.1, 0.15) is 5.75 Å². The number of carbonyl (C=O) groups is 2. The number of aryl methyl sites for hydroxylation is 1. The van der Waals surface area contributed by atoms with Crippen LogP contribution in [0.15, 0.2) is 72.8 Å². The summed E-state index contributed by atoms with van der Waals surface area (Å²) in [7, 11) is 0. The van der Waals surface area contributed by atoms with Crippen molar-refractivity contribution < 1.29 is 14.3 Å². The van der Waals surface area contributed by atoms with E-state index in [1.165, 1.54) is 5.56 Å². The predicted molar refractivity (Wildman–Crippen MR) is 124 cm³/mol. The molecule has 0 radical (unpaired) electrons. The zero-order valence-electron chi connectivity index (χ0n) is 17.9. The molecule has 0 aliphatic carbocycles. The Morgan fingerprint density at radius 3 is 2.47 bits per heavy atom. The van der Waals surface area contributed by atoms with Crippen LogP contribution in [0.5, 0.6) is 5.75 Å². The molecule has 0 bridgehead atoms. The van der Waals surface area contributed by atoms with Gasteiger partial charge in [0.15, 0.2) is 0 Å². The molecule has 1 unspecified atom stereocenters. The summed E-state index contributed by atoms with van der Waals surface area (Å²) in [4.78, 5) is 26.9. The van der Waals surface area contributed by atoms with Gasteiger partial charge in [0.25, 0.3) is 5.91 Å². The Balaban J connectivity index is 1.40. The number of nitrogens with one attached hydrogen (secondary N) is 1. The smallest absolute Gasteiger partial charge is 0.252 e. The summed E-state index contributed by atoms with van der Waals surface area (Å²) in [5.74, 6) is 0.931. The number of carbonyl (C=O) groups excluding carboxylic acids is 2. The second-order valence-electron chi connectivity index (χ2n) is 8.33. The van der Waals surface area contributed by atoms with Crippen LogP contribution >= 0.6 is 0 Å². The number of fused-ring (bicyclic) bond motifs is 1. The second kappa shape index (κ2) is 8.87. The van der Waals surface area contributed by atoms with Crippen molar-refractivity contribution in [2.45, 2.75) is 31.7 Å². The van der Waals surface area contributed by atoms with E-state index in [1.54, 1.807) is 17.0 Å². The van der Waals surface area contributed by atoms with Crippen LogP contribution in [-0.4, -0.2) is 25.0 Å². The van der Waals surface area contributed by atoms with Crippen LogP contribution in [0, 0.1) is 0 Å². The van der Waals surface area contributed by atoms with Gasteiger partial charge in [-0.15, -0.1) is 0 Å². The van der Waals surface area contributed by atoms with Gasteiger partial charge < -0.3 is 15.0 Å². The molecule has 1 saturated heterocycles. The van der Waals surface area contributed by atoms with Gasteiger partial charge in [0.05, 0.1) is 12.6 Å². The van der Waals surface area contributed by atoms with E-state index in [4.69, 9.17) is 4.74 Å². The standard InChI is InChI=1S/C27H26N2O3/c30-25-9-4-16-29(25)23-13-10-20(11-14-23)27(31)28-26(19-6-2-1-3-7-19)22-12-15-24-21(18-22)8-5-17-32-24/h1-3,6-7,10-15,18,26H,4-5,8-9,16-17H2,(H,28,31). The number of anilines is 1. The summed E-state index contributed by atoms with van der Waals surface area (Å²) in [6, 6.07) is 23.2. The molecule has 5 heteroatoms. The van der Waals surface area contributed by atoms with Crippen LogP contribution in [0.2, 0.25) is 0 Å². The maximum Gasteiger partial charge on any atom is 0.252 e. The van der Waals surface area contributed by atoms with Crippen molar-refractivity contribution in [3.05, 3.63) is 95.1 Å². The molecular formula is C27H26N2O3. The molecule has 5 rings (SSSR count). The van der Waals surface area contributed by atoms with Gasteiger partial charge in [-0.2, -0.15) is 0 Å². The number of amides is 2. The molecule has 32 heavy (non-hydrogen) atoms. The summed E-state index contributed by atoms with van der Waals surface area (Å²) in [6.45, 7) is 1.49. The zero-order valence-corrected chi connectivity index (χ0v) is 17.9. The van der Waals surface area contributed by atoms with Crippen LogP contribution in [0.3, 0.4) is 0 Å². The monoisotopic (exact) mass is 426 g/mol. The highest BCUT2D eigenvalue weighted by Crippen LogP contribution is 2.31. The number of hydrogen-bond acceptors (Lipinski definition) is 3. The van der Waals surface area contributed by atoms with Crippen molar-refractivity contribution in [1.82, 2.24) is 5.32 Å². The van der Waals surface area contributed by atoms with Crippen molar-refractivity contribution in [3.63, 3.8) is 0 Å². The fourth-order valence-electron chi connectivity index (χ4n) is 4.49. The maximum atomic E-state index is 13.2. The molecule has 162 valence electrons. The van der Waals surface area contributed by atoms with Crippen molar-refractivity contribution in [1.29, 1.82) is 0 Å². The average Bonchev–Trinajstić information content (AvgIpc) is 3.28. The molecule has 0 saturated carbocycles. The lowest BCUT2D eigenvalue weighted by molar-refractivity contribution is -0.117. The minimum absolute atomic E-state index is 0.141. The van der Waals surface area contributed by atoms with Crippen LogP contribution in [0.4, 0.5) is 5.69 Å². The van der Waals surface area contributed by atoms with E-state index < -0.39 is 0 Å². The minimum atomic E-state index is -0.268. The van der Waals surface area contributed by atoms with Crippen molar-refractivity contribution in [2.75, 3.05) is 18.1 Å². The third kappa shape index (κ3) is 4.11. The van der Waals surface area contributed by atoms with Gasteiger partial charge in [0.2, 0.25) is 5.91 Å². The second-order valence-corrected chi connectivity index (χ2v) is 8.33. The number of rotatable bonds is 5. The fourth-order valence-corrected chi connectivity index (χ4v) is 4.49. The lowest BCUT2D eigenvalue weighted by Crippen LogP contribution is -2.29. The van der Waals surface area contributed by atoms with Crippen LogP contribution in [0.25, 0.3) is 0 Å². The Labute approximate surface area is 188 Å². The van der Waals surface area contributed by atoms with E-state index in [0.717, 1.165) is 55.0 Å². The number of ether oxygens (including phenoxy) is 1. The van der Waals surface area contributed by atoms with Gasteiger partial charge in [-0.1, -0.05) is 36.4 Å². The van der Waals surface area contributed by atoms with Gasteiger partial charge in [-0.3, -0.25) is 9.59 Å². The highest BCUT2D eigenvalue weighted by atomic mass is 16.5. The molecule has 1 N–H and O–H groups in total. The first kappa shape index (κ1) is 20.3. The molecule has 2 aliphatic rings. The van der Waals surface area contributed by atoms with Crippen LogP contribution < -0.4 is 15.0 Å². The summed E-state index contributed by atoms with van der Waals surface area (Å²) in [6.07, 6.45) is 3.46. The first-order valence-corrected chi connectivity index (χ1v) is 11.2. The van der Waals surface area contributed by atoms with Gasteiger partial charge >= 0.3 is 0 Å². The quantitative estimate of drug-likeness (QED) is 0.646. The molecule has 2 heterocycles. The number of hydrogen-bond donors (Lipinski definition) is 1. The zero-order chi connectivity index (χ0) is 21.9. The van der Waals surface area contributed by atoms with Crippen molar-refractivity contribution in [3.8, 4) is 5.75 Å². The summed E-state index contributed by atoms with van der Waals surface area (Å²) in [5, 5.41) is 3.21. The Kier molecular flexibility index (Phi) is 5.63. The van der Waals surface area contributed by atoms with Crippen LogP contribution in [-0.2, 0) is 11.2 Å². The Hall–Kier alpha value is -3.60. The Bertz CT molecular complexity index is 1130. The minimum Gasteiger partial charge on any atom is -0.493 e. The first-order chi connectivity index (χ1) is 15.7. The molecule has 0 spiro atoms. The van der Waals surface area contributed by atoms with Crippen molar-refractivity contribution >= 4 is 17.5 Å². The molecule has 1 atom stereocenters. The summed E-state index contributed by atoms with van der Waals surface area (Å²) >= 11 is 0. The maximum absolute atomic E-state index is 13.2. The lowest BCUT2D eigenvalue weighted by atomic mass is 9.94. The molecule has 0 aromatic heterocycles. The normalized spacial score (nSPS) is 16.2. The third-order valence-electron chi connectivity index (χ3n) is 6.19. The SMILES string of the molecule is O=C(NC(c1ccccc1)c1ccc2c(c1)CCCO2)c1ccc(N2CCCC2=O)cc1. The topological polar surface area (TPSA) is 58.6 Å².